The van der Waals surface area contributed by atoms with E-state index in [1.54, 1.807) is 20.8 Å². The number of nitrogens with zero attached hydrogens (tertiary/aromatic N) is 3. The van der Waals surface area contributed by atoms with Crippen molar-refractivity contribution in [1.29, 1.82) is 0 Å². The van der Waals surface area contributed by atoms with E-state index in [0.29, 0.717) is 18.5 Å². The second-order valence-corrected chi connectivity index (χ2v) is 7.22. The van der Waals surface area contributed by atoms with Gasteiger partial charge >= 0.3 is 6.09 Å². The molecular weight excluding hydrogens is 332 g/mol. The Hall–Kier alpha value is -1.83. The molecule has 1 aliphatic rings. The molecule has 2 rings (SSSR count). The van der Waals surface area contributed by atoms with Gasteiger partial charge in [0, 0.05) is 18.9 Å². The van der Waals surface area contributed by atoms with E-state index in [4.69, 9.17) is 0 Å². The molecule has 6 nitrogen and oxygen atoms in total. The van der Waals surface area contributed by atoms with Crippen LogP contribution in [0.3, 0.4) is 0 Å². The molecule has 1 aromatic heterocycles. The van der Waals surface area contributed by atoms with Crippen LogP contribution in [0.1, 0.15) is 52.1 Å². The lowest BCUT2D eigenvalue weighted by Crippen LogP contribution is -2.41. The third kappa shape index (κ3) is 4.62. The summed E-state index contributed by atoms with van der Waals surface area (Å²) in [5.74, 6) is -3.40. The van der Waals surface area contributed by atoms with Crippen molar-refractivity contribution in [1.82, 2.24) is 9.97 Å². The molecular formula is C17H25F2N3O3. The zero-order valence-electron chi connectivity index (χ0n) is 14.7. The number of carbonyl (C=O) groups is 1. The van der Waals surface area contributed by atoms with Crippen molar-refractivity contribution in [3.63, 3.8) is 0 Å². The minimum atomic E-state index is -2.67. The Morgan fingerprint density at radius 1 is 1.40 bits per heavy atom. The van der Waals surface area contributed by atoms with E-state index in [1.165, 1.54) is 12.4 Å². The molecule has 1 heterocycles. The minimum absolute atomic E-state index is 0.110. The van der Waals surface area contributed by atoms with Crippen molar-refractivity contribution in [2.24, 2.45) is 11.8 Å². The Morgan fingerprint density at radius 2 is 2.08 bits per heavy atom. The van der Waals surface area contributed by atoms with E-state index in [0.717, 1.165) is 4.90 Å². The summed E-state index contributed by atoms with van der Waals surface area (Å²) >= 11 is 0. The van der Waals surface area contributed by atoms with Crippen LogP contribution < -0.4 is 4.90 Å². The molecule has 1 aliphatic carbocycles. The van der Waals surface area contributed by atoms with Gasteiger partial charge in [0.15, 0.2) is 5.82 Å². The number of hydrogen-bond acceptors (Lipinski definition) is 4. The smallest absolute Gasteiger partial charge is 0.413 e. The molecule has 2 unspecified atom stereocenters. The Bertz CT molecular complexity index is 602. The van der Waals surface area contributed by atoms with Gasteiger partial charge in [-0.25, -0.2) is 18.6 Å². The van der Waals surface area contributed by atoms with Gasteiger partial charge in [0.25, 0.3) is 5.92 Å². The highest BCUT2D eigenvalue weighted by Crippen LogP contribution is 2.43. The Balaban J connectivity index is 2.13. The standard InChI is InChI=1S/C17H25F2N3O3/c1-4-12-7-11(5-6-17(12,18)19)10-22(15(23)24)14-9-20-13(8-21-14)16(2,3)25/h8-9,11-12,25H,4-7,10H2,1-3H3,(H,23,24). The fourth-order valence-electron chi connectivity index (χ4n) is 3.23. The molecule has 0 spiro atoms. The summed E-state index contributed by atoms with van der Waals surface area (Å²) in [5.41, 5.74) is -0.854. The first-order valence-electron chi connectivity index (χ1n) is 8.47. The molecule has 1 aromatic rings. The lowest BCUT2D eigenvalue weighted by Gasteiger charge is -2.37. The van der Waals surface area contributed by atoms with Gasteiger partial charge in [0.1, 0.15) is 5.60 Å². The summed E-state index contributed by atoms with van der Waals surface area (Å²) in [6.45, 7) is 4.95. The molecule has 1 amide bonds. The molecule has 0 aliphatic heterocycles. The lowest BCUT2D eigenvalue weighted by atomic mass is 9.77. The third-order valence-electron chi connectivity index (χ3n) is 4.81. The van der Waals surface area contributed by atoms with Gasteiger partial charge in [-0.15, -0.1) is 0 Å². The summed E-state index contributed by atoms with van der Waals surface area (Å²) < 4.78 is 27.7. The van der Waals surface area contributed by atoms with Crippen LogP contribution in [0.2, 0.25) is 0 Å². The summed E-state index contributed by atoms with van der Waals surface area (Å²) in [6, 6.07) is 0. The molecule has 0 aromatic carbocycles. The van der Waals surface area contributed by atoms with E-state index in [-0.39, 0.29) is 31.1 Å². The molecule has 2 N–H and O–H groups in total. The van der Waals surface area contributed by atoms with Crippen molar-refractivity contribution in [2.45, 2.75) is 58.0 Å². The maximum absolute atomic E-state index is 13.8. The van der Waals surface area contributed by atoms with Crippen molar-refractivity contribution in [3.8, 4) is 0 Å². The average molecular weight is 357 g/mol. The van der Waals surface area contributed by atoms with Crippen LogP contribution in [0.5, 0.6) is 0 Å². The summed E-state index contributed by atoms with van der Waals surface area (Å²) in [7, 11) is 0. The topological polar surface area (TPSA) is 86.6 Å². The van der Waals surface area contributed by atoms with Crippen molar-refractivity contribution >= 4 is 11.9 Å². The van der Waals surface area contributed by atoms with Crippen LogP contribution in [-0.2, 0) is 5.60 Å². The molecule has 2 atom stereocenters. The maximum atomic E-state index is 13.8. The quantitative estimate of drug-likeness (QED) is 0.840. The predicted octanol–water partition coefficient (Wildman–Crippen LogP) is 3.65. The Morgan fingerprint density at radius 3 is 2.56 bits per heavy atom. The fraction of sp³-hybridized carbons (Fsp3) is 0.706. The molecule has 1 saturated carbocycles. The molecule has 140 valence electrons. The highest BCUT2D eigenvalue weighted by molar-refractivity contribution is 5.84. The maximum Gasteiger partial charge on any atom is 0.413 e. The molecule has 1 fully saturated rings. The number of hydrogen-bond donors (Lipinski definition) is 2. The van der Waals surface area contributed by atoms with Crippen molar-refractivity contribution < 1.29 is 23.8 Å². The number of alkyl halides is 2. The summed E-state index contributed by atoms with van der Waals surface area (Å²) in [6.07, 6.45) is 2.15. The van der Waals surface area contributed by atoms with E-state index >= 15 is 0 Å². The second-order valence-electron chi connectivity index (χ2n) is 7.22. The van der Waals surface area contributed by atoms with Gasteiger partial charge in [0.2, 0.25) is 0 Å². The van der Waals surface area contributed by atoms with Crippen LogP contribution in [-0.4, -0.2) is 38.7 Å². The van der Waals surface area contributed by atoms with Gasteiger partial charge in [-0.05, 0) is 39.0 Å². The van der Waals surface area contributed by atoms with Crippen molar-refractivity contribution in [3.05, 3.63) is 18.1 Å². The van der Waals surface area contributed by atoms with Gasteiger partial charge in [-0.2, -0.15) is 0 Å². The van der Waals surface area contributed by atoms with Gasteiger partial charge in [0.05, 0.1) is 18.1 Å². The third-order valence-corrected chi connectivity index (χ3v) is 4.81. The highest BCUT2D eigenvalue weighted by atomic mass is 19.3. The van der Waals surface area contributed by atoms with Gasteiger partial charge in [-0.3, -0.25) is 9.88 Å². The van der Waals surface area contributed by atoms with Gasteiger partial charge in [-0.1, -0.05) is 6.92 Å². The lowest BCUT2D eigenvalue weighted by molar-refractivity contribution is -0.0977. The van der Waals surface area contributed by atoms with Crippen LogP contribution in [0.4, 0.5) is 19.4 Å². The number of halogens is 2. The summed E-state index contributed by atoms with van der Waals surface area (Å²) in [4.78, 5) is 20.8. The Labute approximate surface area is 145 Å². The summed E-state index contributed by atoms with van der Waals surface area (Å²) in [5, 5.41) is 19.4. The normalized spacial score (nSPS) is 23.3. The zero-order valence-corrected chi connectivity index (χ0v) is 14.7. The van der Waals surface area contributed by atoms with E-state index in [1.807, 2.05) is 0 Å². The molecule has 25 heavy (non-hydrogen) atoms. The van der Waals surface area contributed by atoms with Gasteiger partial charge < -0.3 is 10.2 Å². The van der Waals surface area contributed by atoms with E-state index < -0.39 is 23.5 Å². The zero-order chi connectivity index (χ0) is 18.8. The second kappa shape index (κ2) is 7.19. The van der Waals surface area contributed by atoms with Crippen LogP contribution in [0.25, 0.3) is 0 Å². The number of rotatable bonds is 5. The number of amides is 1. The largest absolute Gasteiger partial charge is 0.465 e. The molecule has 0 radical (unpaired) electrons. The SMILES string of the molecule is CCC1CC(CN(C(=O)O)c2cnc(C(C)(C)O)cn2)CCC1(F)F. The van der Waals surface area contributed by atoms with Crippen LogP contribution in [0.15, 0.2) is 12.4 Å². The number of aliphatic hydroxyl groups is 1. The Kier molecular flexibility index (Phi) is 5.61. The number of aromatic nitrogens is 2. The first-order chi connectivity index (χ1) is 11.5. The number of carboxylic acid groups (broad SMARTS) is 1. The molecule has 0 saturated heterocycles. The first kappa shape index (κ1) is 19.5. The molecule has 0 bridgehead atoms. The average Bonchev–Trinajstić information content (AvgIpc) is 2.52. The monoisotopic (exact) mass is 357 g/mol. The molecule has 8 heteroatoms. The van der Waals surface area contributed by atoms with E-state index in [9.17, 15) is 23.8 Å². The van der Waals surface area contributed by atoms with Crippen molar-refractivity contribution in [2.75, 3.05) is 11.4 Å². The minimum Gasteiger partial charge on any atom is -0.465 e. The van der Waals surface area contributed by atoms with Crippen LogP contribution >= 0.6 is 0 Å². The van der Waals surface area contributed by atoms with E-state index in [2.05, 4.69) is 9.97 Å². The predicted molar refractivity (Wildman–Crippen MR) is 88.7 cm³/mol. The highest BCUT2D eigenvalue weighted by Gasteiger charge is 2.44. The fourth-order valence-corrected chi connectivity index (χ4v) is 3.23. The first-order valence-corrected chi connectivity index (χ1v) is 8.47. The number of anilines is 1. The van der Waals surface area contributed by atoms with Crippen LogP contribution in [0, 0.1) is 11.8 Å².